The summed E-state index contributed by atoms with van der Waals surface area (Å²) < 4.78 is 16.0. The summed E-state index contributed by atoms with van der Waals surface area (Å²) in [4.78, 5) is 6.46. The molecule has 1 aliphatic carbocycles. The van der Waals surface area contributed by atoms with Gasteiger partial charge < -0.3 is 24.8 Å². The van der Waals surface area contributed by atoms with Gasteiger partial charge in [0.05, 0.1) is 27.9 Å². The number of hydrogen-bond acceptors (Lipinski definition) is 4. The Kier molecular flexibility index (Phi) is 4.77. The largest absolute Gasteiger partial charge is 0.496 e. The number of rotatable bonds is 6. The Morgan fingerprint density at radius 1 is 1.14 bits per heavy atom. The highest BCUT2D eigenvalue weighted by molar-refractivity contribution is 5.78. The second kappa shape index (κ2) is 6.56. The average molecular weight is 293 g/mol. The van der Waals surface area contributed by atoms with E-state index in [0.29, 0.717) is 35.8 Å². The van der Waals surface area contributed by atoms with Crippen LogP contribution in [-0.4, -0.2) is 45.3 Å². The third kappa shape index (κ3) is 3.51. The van der Waals surface area contributed by atoms with Gasteiger partial charge in [0.15, 0.2) is 17.5 Å². The van der Waals surface area contributed by atoms with E-state index in [9.17, 15) is 0 Å². The first kappa shape index (κ1) is 15.3. The summed E-state index contributed by atoms with van der Waals surface area (Å²) in [5.74, 6) is 2.54. The van der Waals surface area contributed by atoms with Gasteiger partial charge in [-0.3, -0.25) is 0 Å². The lowest BCUT2D eigenvalue weighted by Gasteiger charge is -2.17. The second-order valence-electron chi connectivity index (χ2n) is 5.04. The van der Waals surface area contributed by atoms with Gasteiger partial charge in [-0.2, -0.15) is 0 Å². The Morgan fingerprint density at radius 3 is 2.24 bits per heavy atom. The van der Waals surface area contributed by atoms with Crippen molar-refractivity contribution in [2.24, 2.45) is 10.7 Å². The summed E-state index contributed by atoms with van der Waals surface area (Å²) in [7, 11) is 6.79. The van der Waals surface area contributed by atoms with Gasteiger partial charge in [-0.25, -0.2) is 4.99 Å². The summed E-state index contributed by atoms with van der Waals surface area (Å²) in [6.07, 6.45) is 2.37. The molecule has 0 atom stereocenters. The Labute approximate surface area is 125 Å². The standard InChI is InChI=1S/C15H23N3O3/c1-18(11-5-6-11)15(16)17-9-10-7-13(20-3)14(21-4)8-12(10)19-2/h7-8,11H,5-6,9H2,1-4H3,(H2,16,17). The Morgan fingerprint density at radius 2 is 1.71 bits per heavy atom. The molecule has 0 heterocycles. The van der Waals surface area contributed by atoms with Gasteiger partial charge in [0.1, 0.15) is 5.75 Å². The molecule has 2 rings (SSSR count). The van der Waals surface area contributed by atoms with Crippen molar-refractivity contribution < 1.29 is 14.2 Å². The van der Waals surface area contributed by atoms with Crippen molar-refractivity contribution in [3.05, 3.63) is 17.7 Å². The van der Waals surface area contributed by atoms with E-state index in [1.165, 1.54) is 12.8 Å². The molecule has 1 aromatic carbocycles. The maximum absolute atomic E-state index is 6.00. The monoisotopic (exact) mass is 293 g/mol. The molecule has 21 heavy (non-hydrogen) atoms. The minimum Gasteiger partial charge on any atom is -0.496 e. The number of methoxy groups -OCH3 is 3. The molecule has 0 unspecified atom stereocenters. The van der Waals surface area contributed by atoms with Gasteiger partial charge in [-0.1, -0.05) is 0 Å². The third-order valence-corrected chi connectivity index (χ3v) is 3.65. The highest BCUT2D eigenvalue weighted by Crippen LogP contribution is 2.35. The van der Waals surface area contributed by atoms with Crippen molar-refractivity contribution in [1.82, 2.24) is 4.90 Å². The lowest BCUT2D eigenvalue weighted by molar-refractivity contribution is 0.347. The second-order valence-corrected chi connectivity index (χ2v) is 5.04. The van der Waals surface area contributed by atoms with Gasteiger partial charge in [-0.05, 0) is 18.9 Å². The van der Waals surface area contributed by atoms with Crippen LogP contribution in [0.1, 0.15) is 18.4 Å². The Hall–Kier alpha value is -2.11. The zero-order chi connectivity index (χ0) is 15.4. The molecule has 0 bridgehead atoms. The topological polar surface area (TPSA) is 69.3 Å². The fourth-order valence-electron chi connectivity index (χ4n) is 2.14. The zero-order valence-corrected chi connectivity index (χ0v) is 13.0. The molecule has 1 fully saturated rings. The van der Waals surface area contributed by atoms with Crippen molar-refractivity contribution >= 4 is 5.96 Å². The van der Waals surface area contributed by atoms with Gasteiger partial charge in [-0.15, -0.1) is 0 Å². The van der Waals surface area contributed by atoms with Crippen LogP contribution in [0.5, 0.6) is 17.2 Å². The molecule has 0 spiro atoms. The van der Waals surface area contributed by atoms with Crippen LogP contribution in [-0.2, 0) is 6.54 Å². The van der Waals surface area contributed by atoms with Crippen molar-refractivity contribution in [2.45, 2.75) is 25.4 Å². The first-order valence-electron chi connectivity index (χ1n) is 6.92. The fraction of sp³-hybridized carbons (Fsp3) is 0.533. The van der Waals surface area contributed by atoms with Crippen LogP contribution in [0.4, 0.5) is 0 Å². The summed E-state index contributed by atoms with van der Waals surface area (Å²) >= 11 is 0. The molecule has 0 saturated heterocycles. The summed E-state index contributed by atoms with van der Waals surface area (Å²) in [6.45, 7) is 0.437. The average Bonchev–Trinajstić information content (AvgIpc) is 3.35. The maximum Gasteiger partial charge on any atom is 0.191 e. The lowest BCUT2D eigenvalue weighted by Crippen LogP contribution is -2.35. The van der Waals surface area contributed by atoms with Crippen molar-refractivity contribution in [2.75, 3.05) is 28.4 Å². The number of guanidine groups is 1. The van der Waals surface area contributed by atoms with E-state index in [0.717, 1.165) is 5.56 Å². The molecule has 0 aliphatic heterocycles. The first-order valence-corrected chi connectivity index (χ1v) is 6.92. The smallest absolute Gasteiger partial charge is 0.191 e. The van der Waals surface area contributed by atoms with Crippen LogP contribution < -0.4 is 19.9 Å². The molecule has 0 radical (unpaired) electrons. The van der Waals surface area contributed by atoms with E-state index in [-0.39, 0.29) is 0 Å². The zero-order valence-electron chi connectivity index (χ0n) is 13.0. The van der Waals surface area contributed by atoms with E-state index in [2.05, 4.69) is 4.99 Å². The molecule has 0 amide bonds. The summed E-state index contributed by atoms with van der Waals surface area (Å²) in [5, 5.41) is 0. The fourth-order valence-corrected chi connectivity index (χ4v) is 2.14. The highest BCUT2D eigenvalue weighted by Gasteiger charge is 2.27. The van der Waals surface area contributed by atoms with E-state index in [1.54, 1.807) is 27.4 Å². The molecule has 2 N–H and O–H groups in total. The van der Waals surface area contributed by atoms with Crippen LogP contribution >= 0.6 is 0 Å². The number of nitrogens with zero attached hydrogens (tertiary/aromatic N) is 2. The summed E-state index contributed by atoms with van der Waals surface area (Å²) in [6, 6.07) is 4.21. The number of benzene rings is 1. The van der Waals surface area contributed by atoms with Crippen molar-refractivity contribution in [1.29, 1.82) is 0 Å². The molecule has 1 saturated carbocycles. The highest BCUT2D eigenvalue weighted by atomic mass is 16.5. The SMILES string of the molecule is COc1cc(OC)c(OC)cc1CN=C(N)N(C)C1CC1. The third-order valence-electron chi connectivity index (χ3n) is 3.65. The van der Waals surface area contributed by atoms with Gasteiger partial charge in [0.25, 0.3) is 0 Å². The minimum absolute atomic E-state index is 0.437. The normalized spacial score (nSPS) is 14.8. The van der Waals surface area contributed by atoms with Crippen LogP contribution in [0.2, 0.25) is 0 Å². The van der Waals surface area contributed by atoms with E-state index >= 15 is 0 Å². The van der Waals surface area contributed by atoms with E-state index in [4.69, 9.17) is 19.9 Å². The number of hydrogen-bond donors (Lipinski definition) is 1. The number of nitrogens with two attached hydrogens (primary N) is 1. The maximum atomic E-state index is 6.00. The minimum atomic E-state index is 0.437. The van der Waals surface area contributed by atoms with E-state index < -0.39 is 0 Å². The number of aliphatic imine (C=N–C) groups is 1. The molecule has 6 heteroatoms. The quantitative estimate of drug-likeness (QED) is 0.637. The molecule has 116 valence electrons. The molecule has 1 aromatic rings. The predicted molar refractivity (Wildman–Crippen MR) is 82.2 cm³/mol. The number of ether oxygens (including phenoxy) is 3. The van der Waals surface area contributed by atoms with Crippen LogP contribution in [0.15, 0.2) is 17.1 Å². The van der Waals surface area contributed by atoms with Gasteiger partial charge in [0.2, 0.25) is 0 Å². The Bertz CT molecular complexity index is 527. The van der Waals surface area contributed by atoms with Crippen molar-refractivity contribution in [3.63, 3.8) is 0 Å². The summed E-state index contributed by atoms with van der Waals surface area (Å²) in [5.41, 5.74) is 6.91. The molecular weight excluding hydrogens is 270 g/mol. The lowest BCUT2D eigenvalue weighted by atomic mass is 10.1. The van der Waals surface area contributed by atoms with Crippen LogP contribution in [0.25, 0.3) is 0 Å². The molecule has 1 aliphatic rings. The molecular formula is C15H23N3O3. The molecule has 0 aromatic heterocycles. The first-order chi connectivity index (χ1) is 10.1. The van der Waals surface area contributed by atoms with Crippen LogP contribution in [0.3, 0.4) is 0 Å². The Balaban J connectivity index is 2.19. The van der Waals surface area contributed by atoms with Crippen molar-refractivity contribution in [3.8, 4) is 17.2 Å². The predicted octanol–water partition coefficient (Wildman–Crippen LogP) is 1.62. The van der Waals surface area contributed by atoms with Gasteiger partial charge in [0, 0.05) is 24.7 Å². The molecule has 6 nitrogen and oxygen atoms in total. The van der Waals surface area contributed by atoms with Crippen LogP contribution in [0, 0.1) is 0 Å². The van der Waals surface area contributed by atoms with E-state index in [1.807, 2.05) is 18.0 Å². The van der Waals surface area contributed by atoms with Gasteiger partial charge >= 0.3 is 0 Å².